The van der Waals surface area contributed by atoms with Gasteiger partial charge in [0.15, 0.2) is 0 Å². The molecule has 2 saturated heterocycles. The summed E-state index contributed by atoms with van der Waals surface area (Å²) in [6.07, 6.45) is 3.39. The van der Waals surface area contributed by atoms with E-state index in [1.165, 1.54) is 11.1 Å². The van der Waals surface area contributed by atoms with Crippen LogP contribution in [0.15, 0.2) is 24.3 Å². The van der Waals surface area contributed by atoms with E-state index in [0.717, 1.165) is 65.2 Å². The Labute approximate surface area is 150 Å². The molecule has 1 saturated carbocycles. The van der Waals surface area contributed by atoms with Crippen LogP contribution in [-0.2, 0) is 22.6 Å². The van der Waals surface area contributed by atoms with Gasteiger partial charge in [-0.15, -0.1) is 0 Å². The molecule has 3 aliphatic rings. The number of nitrogens with zero attached hydrogens (tertiary/aromatic N) is 1. The van der Waals surface area contributed by atoms with Gasteiger partial charge in [0.05, 0.1) is 13.2 Å². The summed E-state index contributed by atoms with van der Waals surface area (Å²) in [5.41, 5.74) is 2.82. The lowest BCUT2D eigenvalue weighted by Crippen LogP contribution is -2.35. The van der Waals surface area contributed by atoms with Crippen LogP contribution in [0.3, 0.4) is 0 Å². The van der Waals surface area contributed by atoms with E-state index in [4.69, 9.17) is 4.74 Å². The van der Waals surface area contributed by atoms with E-state index < -0.39 is 0 Å². The first-order valence-corrected chi connectivity index (χ1v) is 9.62. The monoisotopic (exact) mass is 343 g/mol. The average Bonchev–Trinajstić information content (AvgIpc) is 3.34. The molecule has 2 aliphatic heterocycles. The van der Waals surface area contributed by atoms with Gasteiger partial charge in [0.25, 0.3) is 0 Å². The molecule has 136 valence electrons. The number of rotatable bonds is 5. The van der Waals surface area contributed by atoms with Crippen LogP contribution >= 0.6 is 0 Å². The molecule has 3 fully saturated rings. The van der Waals surface area contributed by atoms with Gasteiger partial charge in [-0.05, 0) is 48.9 Å². The van der Waals surface area contributed by atoms with Crippen LogP contribution in [0.5, 0.6) is 0 Å². The highest BCUT2D eigenvalue weighted by atomic mass is 16.5. The smallest absolute Gasteiger partial charge is 0.223 e. The Kier molecular flexibility index (Phi) is 5.06. The van der Waals surface area contributed by atoms with Crippen molar-refractivity contribution >= 4 is 5.91 Å². The number of morpholine rings is 1. The van der Waals surface area contributed by atoms with E-state index >= 15 is 0 Å². The van der Waals surface area contributed by atoms with Crippen molar-refractivity contribution in [1.82, 2.24) is 15.5 Å². The van der Waals surface area contributed by atoms with Gasteiger partial charge in [0.1, 0.15) is 0 Å². The summed E-state index contributed by atoms with van der Waals surface area (Å²) in [5.74, 6) is 0.492. The van der Waals surface area contributed by atoms with Crippen LogP contribution in [0.25, 0.3) is 0 Å². The van der Waals surface area contributed by atoms with Crippen molar-refractivity contribution in [2.24, 2.45) is 11.3 Å². The van der Waals surface area contributed by atoms with Crippen molar-refractivity contribution in [2.75, 3.05) is 39.4 Å². The fourth-order valence-electron chi connectivity index (χ4n) is 4.36. The summed E-state index contributed by atoms with van der Waals surface area (Å²) >= 11 is 0. The quantitative estimate of drug-likeness (QED) is 0.851. The Morgan fingerprint density at radius 2 is 2.00 bits per heavy atom. The third kappa shape index (κ3) is 4.05. The Hall–Kier alpha value is -1.43. The van der Waals surface area contributed by atoms with Gasteiger partial charge in [-0.1, -0.05) is 24.3 Å². The molecule has 1 unspecified atom stereocenters. The van der Waals surface area contributed by atoms with Crippen LogP contribution in [0.4, 0.5) is 0 Å². The molecule has 4 rings (SSSR count). The molecular formula is C20H29N3O2. The lowest BCUT2D eigenvalue weighted by molar-refractivity contribution is -0.123. The maximum atomic E-state index is 12.5. The van der Waals surface area contributed by atoms with Crippen molar-refractivity contribution in [2.45, 2.75) is 32.4 Å². The molecule has 1 amide bonds. The summed E-state index contributed by atoms with van der Waals surface area (Å²) < 4.78 is 5.41. The number of hydrogen-bond acceptors (Lipinski definition) is 4. The fourth-order valence-corrected chi connectivity index (χ4v) is 4.36. The highest BCUT2D eigenvalue weighted by Gasteiger charge is 2.57. The van der Waals surface area contributed by atoms with Crippen molar-refractivity contribution in [1.29, 1.82) is 0 Å². The maximum Gasteiger partial charge on any atom is 0.223 e. The highest BCUT2D eigenvalue weighted by molar-refractivity contribution is 5.82. The third-order valence-electron chi connectivity index (χ3n) is 6.07. The molecule has 0 radical (unpaired) electrons. The summed E-state index contributed by atoms with van der Waals surface area (Å²) in [5, 5.41) is 6.56. The number of carbonyl (C=O) groups is 1. The zero-order chi connectivity index (χ0) is 17.1. The standard InChI is InChI=1S/C20H29N3O2/c24-19(18-13-20(18)4-6-21-7-5-20)22-14-16-2-1-3-17(12-16)15-23-8-10-25-11-9-23/h1-3,12,18,21H,4-11,13-15H2,(H,22,24). The Bertz CT molecular complexity index is 607. The highest BCUT2D eigenvalue weighted by Crippen LogP contribution is 2.58. The number of hydrogen-bond donors (Lipinski definition) is 2. The first kappa shape index (κ1) is 17.0. The minimum atomic E-state index is 0.242. The molecule has 5 heteroatoms. The number of benzene rings is 1. The molecular weight excluding hydrogens is 314 g/mol. The first-order valence-electron chi connectivity index (χ1n) is 9.62. The predicted octanol–water partition coefficient (Wildman–Crippen LogP) is 1.52. The minimum absolute atomic E-state index is 0.242. The first-order chi connectivity index (χ1) is 12.3. The Morgan fingerprint density at radius 1 is 1.24 bits per heavy atom. The normalized spacial score (nSPS) is 25.7. The molecule has 1 aliphatic carbocycles. The van der Waals surface area contributed by atoms with E-state index in [0.29, 0.717) is 12.0 Å². The van der Waals surface area contributed by atoms with Crippen molar-refractivity contribution in [3.63, 3.8) is 0 Å². The summed E-state index contributed by atoms with van der Waals surface area (Å²) in [4.78, 5) is 14.9. The minimum Gasteiger partial charge on any atom is -0.379 e. The van der Waals surface area contributed by atoms with Gasteiger partial charge in [-0.3, -0.25) is 9.69 Å². The van der Waals surface area contributed by atoms with Crippen molar-refractivity contribution < 1.29 is 9.53 Å². The molecule has 2 heterocycles. The van der Waals surface area contributed by atoms with Gasteiger partial charge in [0.2, 0.25) is 5.91 Å². The number of amides is 1. The second-order valence-corrected chi connectivity index (χ2v) is 7.80. The SMILES string of the molecule is O=C(NCc1cccc(CN2CCOCC2)c1)C1CC12CCNCC2. The van der Waals surface area contributed by atoms with Crippen molar-refractivity contribution in [3.05, 3.63) is 35.4 Å². The lowest BCUT2D eigenvalue weighted by atomic mass is 9.92. The zero-order valence-electron chi connectivity index (χ0n) is 14.9. The molecule has 5 nitrogen and oxygen atoms in total. The maximum absolute atomic E-state index is 12.5. The second kappa shape index (κ2) is 7.44. The van der Waals surface area contributed by atoms with E-state index in [9.17, 15) is 4.79 Å². The van der Waals surface area contributed by atoms with Crippen LogP contribution in [0.2, 0.25) is 0 Å². The molecule has 1 atom stereocenters. The van der Waals surface area contributed by atoms with E-state index in [1.54, 1.807) is 0 Å². The third-order valence-corrected chi connectivity index (χ3v) is 6.07. The Morgan fingerprint density at radius 3 is 2.80 bits per heavy atom. The van der Waals surface area contributed by atoms with E-state index in [2.05, 4.69) is 39.8 Å². The largest absolute Gasteiger partial charge is 0.379 e. The second-order valence-electron chi connectivity index (χ2n) is 7.80. The molecule has 0 bridgehead atoms. The molecule has 0 aromatic heterocycles. The molecule has 2 N–H and O–H groups in total. The number of piperidine rings is 1. The van der Waals surface area contributed by atoms with Gasteiger partial charge in [-0.2, -0.15) is 0 Å². The topological polar surface area (TPSA) is 53.6 Å². The van der Waals surface area contributed by atoms with Gasteiger partial charge < -0.3 is 15.4 Å². The van der Waals surface area contributed by atoms with E-state index in [1.807, 2.05) is 0 Å². The van der Waals surface area contributed by atoms with Crippen LogP contribution in [-0.4, -0.2) is 50.2 Å². The summed E-state index contributed by atoms with van der Waals surface area (Å²) in [6, 6.07) is 8.60. The van der Waals surface area contributed by atoms with Crippen LogP contribution in [0.1, 0.15) is 30.4 Å². The molecule has 1 spiro atoms. The number of ether oxygens (including phenoxy) is 1. The molecule has 1 aromatic rings. The van der Waals surface area contributed by atoms with Gasteiger partial charge in [-0.25, -0.2) is 0 Å². The average molecular weight is 343 g/mol. The number of nitrogens with one attached hydrogen (secondary N) is 2. The lowest BCUT2D eigenvalue weighted by Gasteiger charge is -2.26. The van der Waals surface area contributed by atoms with Crippen molar-refractivity contribution in [3.8, 4) is 0 Å². The van der Waals surface area contributed by atoms with Gasteiger partial charge >= 0.3 is 0 Å². The summed E-state index contributed by atoms with van der Waals surface area (Å²) in [7, 11) is 0. The number of carbonyl (C=O) groups excluding carboxylic acids is 1. The summed E-state index contributed by atoms with van der Waals surface area (Å²) in [6.45, 7) is 7.38. The van der Waals surface area contributed by atoms with Gasteiger partial charge in [0, 0.05) is 32.1 Å². The molecule has 25 heavy (non-hydrogen) atoms. The van der Waals surface area contributed by atoms with Crippen LogP contribution in [0, 0.1) is 11.3 Å². The van der Waals surface area contributed by atoms with E-state index in [-0.39, 0.29) is 11.8 Å². The Balaban J connectivity index is 1.28. The molecule has 1 aromatic carbocycles. The fraction of sp³-hybridized carbons (Fsp3) is 0.650. The predicted molar refractivity (Wildman–Crippen MR) is 97.0 cm³/mol. The van der Waals surface area contributed by atoms with Crippen LogP contribution < -0.4 is 10.6 Å². The zero-order valence-corrected chi connectivity index (χ0v) is 14.9.